The summed E-state index contributed by atoms with van der Waals surface area (Å²) in [4.78, 5) is 19.6. The summed E-state index contributed by atoms with van der Waals surface area (Å²) in [5, 5.41) is 0. The van der Waals surface area contributed by atoms with E-state index in [0.29, 0.717) is 35.6 Å². The lowest BCUT2D eigenvalue weighted by Crippen LogP contribution is -2.06. The van der Waals surface area contributed by atoms with Gasteiger partial charge >= 0.3 is 12.4 Å². The van der Waals surface area contributed by atoms with Gasteiger partial charge in [-0.1, -0.05) is 6.92 Å². The van der Waals surface area contributed by atoms with Crippen LogP contribution in [0.25, 0.3) is 22.6 Å². The molecule has 0 radical (unpaired) electrons. The molecular formula is C20H18F2N2O4. The highest BCUT2D eigenvalue weighted by Gasteiger charge is 2.22. The van der Waals surface area contributed by atoms with Crippen molar-refractivity contribution in [3.05, 3.63) is 48.5 Å². The summed E-state index contributed by atoms with van der Waals surface area (Å²) < 4.78 is 41.8. The fourth-order valence-corrected chi connectivity index (χ4v) is 2.52. The first-order chi connectivity index (χ1) is 13.5. The second kappa shape index (κ2) is 8.60. The van der Waals surface area contributed by atoms with Crippen LogP contribution in [0.2, 0.25) is 0 Å². The molecule has 0 unspecified atom stereocenters. The summed E-state index contributed by atoms with van der Waals surface area (Å²) in [6, 6.07) is 9.64. The summed E-state index contributed by atoms with van der Waals surface area (Å²) in [7, 11) is 1.48. The Morgan fingerprint density at radius 3 is 2.43 bits per heavy atom. The maximum Gasteiger partial charge on any atom is 0.313 e. The molecule has 0 atom stereocenters. The van der Waals surface area contributed by atoms with E-state index < -0.39 is 12.3 Å². The molecule has 0 saturated carbocycles. The van der Waals surface area contributed by atoms with Crippen molar-refractivity contribution in [1.29, 1.82) is 0 Å². The number of alkyl halides is 2. The van der Waals surface area contributed by atoms with Gasteiger partial charge < -0.3 is 13.9 Å². The van der Waals surface area contributed by atoms with E-state index in [-0.39, 0.29) is 17.4 Å². The topological polar surface area (TPSA) is 74.5 Å². The number of pyridine rings is 1. The average Bonchev–Trinajstić information content (AvgIpc) is 3.14. The van der Waals surface area contributed by atoms with Gasteiger partial charge in [0.25, 0.3) is 5.89 Å². The smallest absolute Gasteiger partial charge is 0.313 e. The van der Waals surface area contributed by atoms with Gasteiger partial charge in [-0.05, 0) is 36.8 Å². The van der Waals surface area contributed by atoms with E-state index in [1.165, 1.54) is 13.3 Å². The first-order valence-corrected chi connectivity index (χ1v) is 8.62. The van der Waals surface area contributed by atoms with Crippen LogP contribution in [-0.2, 0) is 4.79 Å². The van der Waals surface area contributed by atoms with E-state index in [2.05, 4.69) is 9.97 Å². The molecule has 3 aromatic rings. The molecule has 0 saturated heterocycles. The minimum absolute atomic E-state index is 0.175. The quantitative estimate of drug-likeness (QED) is 0.416. The van der Waals surface area contributed by atoms with Crippen molar-refractivity contribution in [3.8, 4) is 34.2 Å². The third-order valence-electron chi connectivity index (χ3n) is 3.85. The second-order valence-electron chi connectivity index (χ2n) is 5.87. The van der Waals surface area contributed by atoms with Gasteiger partial charge in [-0.15, -0.1) is 0 Å². The van der Waals surface area contributed by atoms with Crippen molar-refractivity contribution in [2.45, 2.75) is 26.2 Å². The maximum atomic E-state index is 13.1. The zero-order valence-corrected chi connectivity index (χ0v) is 15.3. The van der Waals surface area contributed by atoms with E-state index >= 15 is 0 Å². The molecule has 2 aromatic heterocycles. The molecule has 3 rings (SSSR count). The highest BCUT2D eigenvalue weighted by atomic mass is 19.3. The number of benzene rings is 1. The van der Waals surface area contributed by atoms with Crippen LogP contribution in [0.3, 0.4) is 0 Å². The Morgan fingerprint density at radius 2 is 1.86 bits per heavy atom. The molecule has 0 spiro atoms. The number of carbonyl (C=O) groups excluding carboxylic acids is 1. The first kappa shape index (κ1) is 19.5. The van der Waals surface area contributed by atoms with E-state index in [1.54, 1.807) is 36.4 Å². The Kier molecular flexibility index (Phi) is 5.98. The van der Waals surface area contributed by atoms with Crippen molar-refractivity contribution >= 4 is 5.97 Å². The fraction of sp³-hybridized carbons (Fsp3) is 0.250. The van der Waals surface area contributed by atoms with Crippen molar-refractivity contribution in [2.75, 3.05) is 7.11 Å². The highest BCUT2D eigenvalue weighted by molar-refractivity contribution is 5.77. The molecule has 146 valence electrons. The van der Waals surface area contributed by atoms with Crippen LogP contribution in [0.15, 0.2) is 47.0 Å². The summed E-state index contributed by atoms with van der Waals surface area (Å²) >= 11 is 0. The molecule has 0 amide bonds. The summed E-state index contributed by atoms with van der Waals surface area (Å²) in [6.45, 7) is 1.88. The number of carbonyl (C=O) groups is 1. The van der Waals surface area contributed by atoms with Crippen LogP contribution in [0, 0.1) is 0 Å². The normalized spacial score (nSPS) is 10.9. The Morgan fingerprint density at radius 1 is 1.14 bits per heavy atom. The molecule has 0 bridgehead atoms. The van der Waals surface area contributed by atoms with Crippen molar-refractivity contribution < 1.29 is 27.5 Å². The van der Waals surface area contributed by atoms with E-state index in [0.717, 1.165) is 0 Å². The first-order valence-electron chi connectivity index (χ1n) is 8.62. The Hall–Kier alpha value is -3.29. The lowest BCUT2D eigenvalue weighted by Gasteiger charge is -2.05. The van der Waals surface area contributed by atoms with Crippen molar-refractivity contribution in [1.82, 2.24) is 9.97 Å². The number of hydrogen-bond donors (Lipinski definition) is 0. The molecule has 8 heteroatoms. The van der Waals surface area contributed by atoms with Crippen molar-refractivity contribution in [3.63, 3.8) is 0 Å². The van der Waals surface area contributed by atoms with Gasteiger partial charge in [0.2, 0.25) is 5.88 Å². The lowest BCUT2D eigenvalue weighted by atomic mass is 10.1. The Labute approximate surface area is 160 Å². The molecule has 0 aliphatic rings. The minimum Gasteiger partial charge on any atom is -0.481 e. The zero-order valence-electron chi connectivity index (χ0n) is 15.3. The number of ether oxygens (including phenoxy) is 2. The predicted octanol–water partition coefficient (Wildman–Crippen LogP) is 5.06. The van der Waals surface area contributed by atoms with Crippen LogP contribution >= 0.6 is 0 Å². The van der Waals surface area contributed by atoms with Gasteiger partial charge in [-0.3, -0.25) is 4.79 Å². The van der Waals surface area contributed by atoms with Gasteiger partial charge in [0.1, 0.15) is 11.4 Å². The van der Waals surface area contributed by atoms with Crippen LogP contribution < -0.4 is 9.47 Å². The number of rotatable bonds is 7. The predicted molar refractivity (Wildman–Crippen MR) is 97.2 cm³/mol. The molecule has 2 heterocycles. The molecule has 0 aliphatic heterocycles. The van der Waals surface area contributed by atoms with Gasteiger partial charge in [-0.2, -0.15) is 8.78 Å². The molecule has 0 fully saturated rings. The third kappa shape index (κ3) is 4.33. The van der Waals surface area contributed by atoms with E-state index in [1.807, 2.05) is 6.92 Å². The molecule has 6 nitrogen and oxygen atoms in total. The third-order valence-corrected chi connectivity index (χ3v) is 3.85. The standard InChI is InChI=1S/C20H18F2N2O4/c1-3-4-16(25)27-14-8-5-12(6-9-14)18-17(24-20(28-18)19(21)22)13-7-10-15(26-2)23-11-13/h5-11,19H,3-4H2,1-2H3. The maximum absolute atomic E-state index is 13.1. The molecular weight excluding hydrogens is 370 g/mol. The van der Waals surface area contributed by atoms with Gasteiger partial charge in [0.05, 0.1) is 7.11 Å². The second-order valence-corrected chi connectivity index (χ2v) is 5.87. The number of nitrogens with zero attached hydrogens (tertiary/aromatic N) is 2. The average molecular weight is 388 g/mol. The van der Waals surface area contributed by atoms with Gasteiger partial charge in [-0.25, -0.2) is 9.97 Å². The highest BCUT2D eigenvalue weighted by Crippen LogP contribution is 2.36. The Balaban J connectivity index is 1.95. The SMILES string of the molecule is CCCC(=O)Oc1ccc(-c2oc(C(F)F)nc2-c2ccc(OC)nc2)cc1. The van der Waals surface area contributed by atoms with E-state index in [4.69, 9.17) is 13.9 Å². The minimum atomic E-state index is -2.85. The monoisotopic (exact) mass is 388 g/mol. The van der Waals surface area contributed by atoms with E-state index in [9.17, 15) is 13.6 Å². The lowest BCUT2D eigenvalue weighted by molar-refractivity contribution is -0.134. The summed E-state index contributed by atoms with van der Waals surface area (Å²) in [5.74, 6) is -0.0857. The largest absolute Gasteiger partial charge is 0.481 e. The number of halogens is 2. The number of aromatic nitrogens is 2. The Bertz CT molecular complexity index is 938. The molecule has 1 aromatic carbocycles. The number of oxazole rings is 1. The van der Waals surface area contributed by atoms with Crippen LogP contribution in [0.4, 0.5) is 8.78 Å². The van der Waals surface area contributed by atoms with Crippen molar-refractivity contribution in [2.24, 2.45) is 0 Å². The summed E-state index contributed by atoms with van der Waals surface area (Å²) in [5.41, 5.74) is 1.26. The molecule has 28 heavy (non-hydrogen) atoms. The van der Waals surface area contributed by atoms with Crippen LogP contribution in [0.5, 0.6) is 11.6 Å². The number of hydrogen-bond acceptors (Lipinski definition) is 6. The number of methoxy groups -OCH3 is 1. The molecule has 0 N–H and O–H groups in total. The fourth-order valence-electron chi connectivity index (χ4n) is 2.52. The van der Waals surface area contributed by atoms with Crippen LogP contribution in [0.1, 0.15) is 32.1 Å². The molecule has 0 aliphatic carbocycles. The zero-order chi connectivity index (χ0) is 20.1. The number of esters is 1. The summed E-state index contributed by atoms with van der Waals surface area (Å²) in [6.07, 6.45) is -0.384. The van der Waals surface area contributed by atoms with Gasteiger partial charge in [0.15, 0.2) is 5.76 Å². The van der Waals surface area contributed by atoms with Gasteiger partial charge in [0, 0.05) is 29.8 Å². The van der Waals surface area contributed by atoms with Crippen LogP contribution in [-0.4, -0.2) is 23.0 Å².